The largest absolute Gasteiger partial charge is 0.451 e. The van der Waals surface area contributed by atoms with Gasteiger partial charge in [-0.15, -0.1) is 11.3 Å². The fourth-order valence-electron chi connectivity index (χ4n) is 0.805. The number of primary amides is 1. The molecule has 0 aliphatic carbocycles. The number of hydrogen-bond donors (Lipinski definition) is 2. The Morgan fingerprint density at radius 1 is 1.57 bits per heavy atom. The van der Waals surface area contributed by atoms with Crippen molar-refractivity contribution in [2.24, 2.45) is 5.73 Å². The smallest absolute Gasteiger partial charge is 0.348 e. The fraction of sp³-hybridized carbons (Fsp3) is 0.250. The number of thiophene rings is 1. The van der Waals surface area contributed by atoms with Crippen molar-refractivity contribution < 1.29 is 14.3 Å². The van der Waals surface area contributed by atoms with Crippen LogP contribution in [-0.2, 0) is 9.53 Å². The molecular formula is C8H10N2O3S. The first-order valence-electron chi connectivity index (χ1n) is 3.82. The highest BCUT2D eigenvalue weighted by molar-refractivity contribution is 7.14. The number of nitrogens with two attached hydrogens (primary N) is 2. The molecule has 14 heavy (non-hydrogen) atoms. The van der Waals surface area contributed by atoms with Crippen LogP contribution < -0.4 is 11.5 Å². The number of nitrogen functional groups attached to an aromatic ring is 1. The molecule has 0 aromatic carbocycles. The number of anilines is 1. The van der Waals surface area contributed by atoms with Gasteiger partial charge in [0.05, 0.1) is 0 Å². The molecule has 0 saturated heterocycles. The van der Waals surface area contributed by atoms with E-state index in [0.717, 1.165) is 4.88 Å². The third-order valence-corrected chi connectivity index (χ3v) is 2.55. The van der Waals surface area contributed by atoms with Crippen LogP contribution in [0.3, 0.4) is 0 Å². The van der Waals surface area contributed by atoms with Crippen molar-refractivity contribution in [3.8, 4) is 0 Å². The van der Waals surface area contributed by atoms with Gasteiger partial charge in [0.2, 0.25) is 0 Å². The highest BCUT2D eigenvalue weighted by atomic mass is 32.1. The maximum Gasteiger partial charge on any atom is 0.348 e. The zero-order valence-corrected chi connectivity index (χ0v) is 8.39. The standard InChI is InChI=1S/C8H10N2O3S/c1-4-5(9)2-6(14-4)8(12)13-3-7(10)11/h2H,3,9H2,1H3,(H2,10,11). The lowest BCUT2D eigenvalue weighted by atomic mass is 10.4. The van der Waals surface area contributed by atoms with Gasteiger partial charge in [0.25, 0.3) is 5.91 Å². The van der Waals surface area contributed by atoms with Gasteiger partial charge in [0.1, 0.15) is 4.88 Å². The molecule has 0 spiro atoms. The molecule has 4 N–H and O–H groups in total. The van der Waals surface area contributed by atoms with Crippen LogP contribution in [0.2, 0.25) is 0 Å². The monoisotopic (exact) mass is 214 g/mol. The van der Waals surface area contributed by atoms with Gasteiger partial charge in [0, 0.05) is 10.6 Å². The maximum atomic E-state index is 11.2. The van der Waals surface area contributed by atoms with Crippen LogP contribution >= 0.6 is 11.3 Å². The van der Waals surface area contributed by atoms with Crippen LogP contribution in [0.1, 0.15) is 14.5 Å². The molecule has 0 bridgehead atoms. The molecule has 0 aliphatic heterocycles. The normalized spacial score (nSPS) is 9.79. The topological polar surface area (TPSA) is 95.4 Å². The predicted octanol–water partition coefficient (Wildman–Crippen LogP) is 0.281. The molecule has 0 unspecified atom stereocenters. The molecule has 5 nitrogen and oxygen atoms in total. The van der Waals surface area contributed by atoms with Gasteiger partial charge in [-0.2, -0.15) is 0 Å². The van der Waals surface area contributed by atoms with Crippen LogP contribution in [0.5, 0.6) is 0 Å². The number of amides is 1. The third kappa shape index (κ3) is 2.46. The Balaban J connectivity index is 2.65. The van der Waals surface area contributed by atoms with Crippen molar-refractivity contribution in [3.05, 3.63) is 15.8 Å². The summed E-state index contributed by atoms with van der Waals surface area (Å²) in [5.74, 6) is -1.26. The molecule has 76 valence electrons. The van der Waals surface area contributed by atoms with Crippen LogP contribution in [0.15, 0.2) is 6.07 Å². The lowest BCUT2D eigenvalue weighted by Gasteiger charge is -1.98. The van der Waals surface area contributed by atoms with Crippen LogP contribution in [0, 0.1) is 6.92 Å². The fourth-order valence-corrected chi connectivity index (χ4v) is 1.64. The van der Waals surface area contributed by atoms with Gasteiger partial charge >= 0.3 is 5.97 Å². The molecule has 1 heterocycles. The first-order chi connectivity index (χ1) is 6.50. The van der Waals surface area contributed by atoms with Gasteiger partial charge in [-0.25, -0.2) is 4.79 Å². The van der Waals surface area contributed by atoms with Gasteiger partial charge < -0.3 is 16.2 Å². The van der Waals surface area contributed by atoms with E-state index in [4.69, 9.17) is 11.5 Å². The number of ether oxygens (including phenoxy) is 1. The zero-order chi connectivity index (χ0) is 10.7. The minimum atomic E-state index is -0.681. The summed E-state index contributed by atoms with van der Waals surface area (Å²) in [4.78, 5) is 22.8. The number of carbonyl (C=O) groups excluding carboxylic acids is 2. The van der Waals surface area contributed by atoms with Gasteiger partial charge in [0.15, 0.2) is 6.61 Å². The molecule has 0 aliphatic rings. The molecule has 1 rings (SSSR count). The molecule has 0 atom stereocenters. The van der Waals surface area contributed by atoms with Crippen LogP contribution in [0.25, 0.3) is 0 Å². The first kappa shape index (κ1) is 10.5. The van der Waals surface area contributed by atoms with E-state index in [1.54, 1.807) is 6.92 Å². The summed E-state index contributed by atoms with van der Waals surface area (Å²) in [6.45, 7) is 1.39. The van der Waals surface area contributed by atoms with E-state index in [-0.39, 0.29) is 0 Å². The second-order valence-corrected chi connectivity index (χ2v) is 3.92. The van der Waals surface area contributed by atoms with Crippen molar-refractivity contribution >= 4 is 28.9 Å². The summed E-state index contributed by atoms with van der Waals surface area (Å²) >= 11 is 1.22. The Morgan fingerprint density at radius 2 is 2.21 bits per heavy atom. The van der Waals surface area contributed by atoms with Crippen LogP contribution in [0.4, 0.5) is 5.69 Å². The van der Waals surface area contributed by atoms with E-state index < -0.39 is 18.5 Å². The minimum Gasteiger partial charge on any atom is -0.451 e. The quantitative estimate of drug-likeness (QED) is 0.706. The molecule has 1 aromatic heterocycles. The Morgan fingerprint density at radius 3 is 2.64 bits per heavy atom. The minimum absolute atomic E-state index is 0.376. The lowest BCUT2D eigenvalue weighted by Crippen LogP contribution is -2.20. The van der Waals surface area contributed by atoms with E-state index in [1.165, 1.54) is 17.4 Å². The summed E-state index contributed by atoms with van der Waals surface area (Å²) < 4.78 is 4.60. The Bertz CT molecular complexity index is 353. The molecule has 0 fully saturated rings. The average Bonchev–Trinajstić information content (AvgIpc) is 2.43. The van der Waals surface area contributed by atoms with Crippen molar-refractivity contribution in [3.63, 3.8) is 0 Å². The van der Waals surface area contributed by atoms with Gasteiger partial charge in [-0.1, -0.05) is 0 Å². The van der Waals surface area contributed by atoms with Gasteiger partial charge in [-0.05, 0) is 13.0 Å². The lowest BCUT2D eigenvalue weighted by molar-refractivity contribution is -0.121. The molecular weight excluding hydrogens is 204 g/mol. The number of rotatable bonds is 3. The summed E-state index contributed by atoms with van der Waals surface area (Å²) in [5, 5.41) is 0. The second kappa shape index (κ2) is 4.10. The van der Waals surface area contributed by atoms with E-state index in [2.05, 4.69) is 4.74 Å². The highest BCUT2D eigenvalue weighted by Crippen LogP contribution is 2.23. The third-order valence-electron chi connectivity index (χ3n) is 1.50. The number of hydrogen-bond acceptors (Lipinski definition) is 5. The van der Waals surface area contributed by atoms with Crippen molar-refractivity contribution in [2.45, 2.75) is 6.92 Å². The van der Waals surface area contributed by atoms with Crippen molar-refractivity contribution in [1.82, 2.24) is 0 Å². The van der Waals surface area contributed by atoms with E-state index >= 15 is 0 Å². The average molecular weight is 214 g/mol. The van der Waals surface area contributed by atoms with Crippen LogP contribution in [-0.4, -0.2) is 18.5 Å². The molecule has 1 amide bonds. The summed E-state index contributed by atoms with van der Waals surface area (Å²) in [6, 6.07) is 1.52. The SMILES string of the molecule is Cc1sc(C(=O)OCC(N)=O)cc1N. The van der Waals surface area contributed by atoms with Gasteiger partial charge in [-0.3, -0.25) is 4.79 Å². The Hall–Kier alpha value is -1.56. The summed E-state index contributed by atoms with van der Waals surface area (Å²) in [7, 11) is 0. The van der Waals surface area contributed by atoms with Crippen molar-refractivity contribution in [2.75, 3.05) is 12.3 Å². The summed E-state index contributed by atoms with van der Waals surface area (Å²) in [5.41, 5.74) is 10.9. The van der Waals surface area contributed by atoms with Crippen molar-refractivity contribution in [1.29, 1.82) is 0 Å². The Kier molecular flexibility index (Phi) is 3.08. The Labute approximate surface area is 84.6 Å². The second-order valence-electron chi connectivity index (χ2n) is 2.66. The van der Waals surface area contributed by atoms with E-state index in [1.807, 2.05) is 0 Å². The molecule has 0 saturated carbocycles. The summed E-state index contributed by atoms with van der Waals surface area (Å²) in [6.07, 6.45) is 0. The highest BCUT2D eigenvalue weighted by Gasteiger charge is 2.12. The molecule has 1 aromatic rings. The zero-order valence-electron chi connectivity index (χ0n) is 7.57. The predicted molar refractivity (Wildman–Crippen MR) is 52.9 cm³/mol. The maximum absolute atomic E-state index is 11.2. The van der Waals surface area contributed by atoms with E-state index in [0.29, 0.717) is 10.6 Å². The molecule has 6 heteroatoms. The molecule has 0 radical (unpaired) electrons. The number of esters is 1. The van der Waals surface area contributed by atoms with E-state index in [9.17, 15) is 9.59 Å². The number of carbonyl (C=O) groups is 2. The first-order valence-corrected chi connectivity index (χ1v) is 4.63. The number of aryl methyl sites for hydroxylation is 1.